The highest BCUT2D eigenvalue weighted by Gasteiger charge is 2.26. The largest absolute Gasteiger partial charge is 0.495 e. The molecule has 0 aliphatic carbocycles. The summed E-state index contributed by atoms with van der Waals surface area (Å²) in [6.45, 7) is 6.30. The maximum absolute atomic E-state index is 12.2. The van der Waals surface area contributed by atoms with Gasteiger partial charge in [-0.15, -0.1) is 49.1 Å². The van der Waals surface area contributed by atoms with Crippen LogP contribution in [0.4, 0.5) is 45.5 Å². The second kappa shape index (κ2) is 27.2. The topological polar surface area (TPSA) is 420 Å². The fourth-order valence-electron chi connectivity index (χ4n) is 7.92. The summed E-state index contributed by atoms with van der Waals surface area (Å²) in [5.74, 6) is -2.19. The highest BCUT2D eigenvalue weighted by molar-refractivity contribution is 7.99. The molecule has 0 saturated carbocycles. The predicted octanol–water partition coefficient (Wildman–Crippen LogP) is 13.1. The van der Waals surface area contributed by atoms with Gasteiger partial charge in [-0.3, -0.25) is 22.6 Å². The average Bonchev–Trinajstić information content (AvgIpc) is 1.71. The molecule has 0 fully saturated rings. The zero-order valence-corrected chi connectivity index (χ0v) is 50.9. The highest BCUT2D eigenvalue weighted by Crippen LogP contribution is 2.44. The Labute approximate surface area is 500 Å². The number of aromatic hydroxyl groups is 1. The number of rotatable bonds is 25. The number of halogens is 1. The Kier molecular flexibility index (Phi) is 20.8. The van der Waals surface area contributed by atoms with E-state index in [-0.39, 0.29) is 111 Å². The van der Waals surface area contributed by atoms with Gasteiger partial charge in [0.15, 0.2) is 11.3 Å². The van der Waals surface area contributed by atoms with Gasteiger partial charge in [-0.1, -0.05) is 11.6 Å². The standard InChI is InChI=1S/C51H49ClN12O15S6/c1-28-17-40(60-63-49-31(4)34(27-54)50-55-39-24-48(85(75,76)77)45(78-5)25-43(39)64(50)51(49)65)44(79-11-6-14-82(66,67)68)21-36(28)57-61-41-19-30(3)38(23-47(41)81-13-8-16-84(72,73)74)59-62-42-18-29(2)37(22-46(42)80-12-7-15-83(69,70)71)58-56-35-10-9-33(52)20-32(35)26-53/h9-10,17-25,65H,6-8,11-16H2,1-5H3,(H,66,67,68)(H,69,70,71)(H,72,73,74)(H,75,76,77). The minimum atomic E-state index is -4.80. The molecule has 0 saturated heterocycles. The number of pyridine rings is 1. The van der Waals surface area contributed by atoms with E-state index in [0.29, 0.717) is 48.6 Å². The van der Waals surface area contributed by atoms with Gasteiger partial charge in [0.2, 0.25) is 5.88 Å². The van der Waals surface area contributed by atoms with Gasteiger partial charge in [0.05, 0.1) is 76.0 Å². The lowest BCUT2D eigenvalue weighted by atomic mass is 10.1. The van der Waals surface area contributed by atoms with Gasteiger partial charge in [-0.2, -0.15) is 59.5 Å². The Morgan fingerprint density at radius 1 is 0.600 bits per heavy atom. The number of aromatic nitrogens is 2. The van der Waals surface area contributed by atoms with Gasteiger partial charge >= 0.3 is 0 Å². The lowest BCUT2D eigenvalue weighted by Crippen LogP contribution is -2.08. The van der Waals surface area contributed by atoms with Crippen LogP contribution in [0.3, 0.4) is 0 Å². The van der Waals surface area contributed by atoms with Crippen molar-refractivity contribution in [1.82, 2.24) is 9.38 Å². The third kappa shape index (κ3) is 17.1. The van der Waals surface area contributed by atoms with Crippen LogP contribution in [-0.2, 0) is 40.5 Å². The first-order valence-corrected chi connectivity index (χ1v) is 33.3. The number of benzene rings is 5. The van der Waals surface area contributed by atoms with Crippen molar-refractivity contribution in [1.29, 1.82) is 10.5 Å². The number of nitriles is 2. The quantitative estimate of drug-likeness (QED) is 0.0154. The molecule has 0 amide bonds. The summed E-state index contributed by atoms with van der Waals surface area (Å²) in [6, 6.07) is 20.3. The molecule has 446 valence electrons. The summed E-state index contributed by atoms with van der Waals surface area (Å²) in [5, 5.41) is 67.5. The minimum absolute atomic E-state index is 0.0114. The first kappa shape index (κ1) is 65.0. The number of hydrogen-bond acceptors (Lipinski definition) is 24. The van der Waals surface area contributed by atoms with E-state index in [4.69, 9.17) is 21.1 Å². The van der Waals surface area contributed by atoms with Crippen LogP contribution in [0, 0.1) is 50.4 Å². The molecule has 0 aliphatic heterocycles. The van der Waals surface area contributed by atoms with Crippen molar-refractivity contribution in [2.24, 2.45) is 40.9 Å². The van der Waals surface area contributed by atoms with E-state index in [2.05, 4.69) is 45.9 Å². The summed E-state index contributed by atoms with van der Waals surface area (Å²) >= 11 is 8.45. The molecular formula is C51H49ClN12O15S6. The summed E-state index contributed by atoms with van der Waals surface area (Å²) in [5.41, 5.74) is 3.31. The van der Waals surface area contributed by atoms with Gasteiger partial charge in [0.1, 0.15) is 45.5 Å². The van der Waals surface area contributed by atoms with E-state index >= 15 is 0 Å². The summed E-state index contributed by atoms with van der Waals surface area (Å²) < 4.78 is 144. The van der Waals surface area contributed by atoms with Crippen molar-refractivity contribution in [2.45, 2.75) is 61.6 Å². The van der Waals surface area contributed by atoms with Crippen LogP contribution in [0.5, 0.6) is 17.4 Å². The molecule has 0 unspecified atom stereocenters. The van der Waals surface area contributed by atoms with E-state index in [0.717, 1.165) is 17.6 Å². The third-order valence-corrected chi connectivity index (χ3v) is 17.9. The van der Waals surface area contributed by atoms with Gasteiger partial charge in [-0.25, -0.2) is 4.98 Å². The monoisotopic (exact) mass is 1300 g/mol. The van der Waals surface area contributed by atoms with Gasteiger partial charge < -0.3 is 14.6 Å². The van der Waals surface area contributed by atoms with Crippen LogP contribution >= 0.6 is 35.1 Å². The molecule has 2 aromatic heterocycles. The molecule has 27 nitrogen and oxygen atoms in total. The van der Waals surface area contributed by atoms with Gasteiger partial charge in [0, 0.05) is 32.5 Å². The molecule has 0 bridgehead atoms. The number of hydrogen-bond donors (Lipinski definition) is 5. The molecule has 0 aliphatic rings. The Hall–Kier alpha value is -7.54. The summed E-state index contributed by atoms with van der Waals surface area (Å²) in [4.78, 5) is 4.70. The van der Waals surface area contributed by atoms with Crippen molar-refractivity contribution < 1.29 is 66.5 Å². The van der Waals surface area contributed by atoms with Crippen molar-refractivity contribution >= 4 is 138 Å². The summed E-state index contributed by atoms with van der Waals surface area (Å²) in [7, 11) is -16.6. The molecule has 0 spiro atoms. The fourth-order valence-corrected chi connectivity index (χ4v) is 12.5. The van der Waals surface area contributed by atoms with E-state index < -0.39 is 68.5 Å². The zero-order chi connectivity index (χ0) is 62.2. The SMILES string of the molecule is COc1cc2c(cc1S(=O)(=O)O)nc1c(C#N)c(C)c(N=Nc3cc(C)c(N=Nc4cc(C)c(N=Nc5cc(C)c(N=Nc6ccc(Cl)cc6C#N)cc5SCCCS(=O)(=O)O)cc4SCCCS(=O)(=O)O)cc3OCCCS(=O)(=O)O)c(O)n12. The Morgan fingerprint density at radius 3 is 1.60 bits per heavy atom. The number of azo groups is 4. The second-order valence-electron chi connectivity index (χ2n) is 18.4. The molecule has 5 aromatic carbocycles. The summed E-state index contributed by atoms with van der Waals surface area (Å²) in [6.07, 6.45) is -0.0625. The van der Waals surface area contributed by atoms with Crippen LogP contribution in [-0.4, -0.2) is 109 Å². The normalized spacial score (nSPS) is 12.6. The number of imidazole rings is 1. The van der Waals surface area contributed by atoms with Crippen LogP contribution in [0.2, 0.25) is 5.02 Å². The van der Waals surface area contributed by atoms with E-state index in [1.165, 1.54) is 54.7 Å². The molecule has 5 N–H and O–H groups in total. The molecule has 34 heteroatoms. The zero-order valence-electron chi connectivity index (χ0n) is 45.2. The van der Waals surface area contributed by atoms with Gasteiger partial charge in [-0.05, 0) is 130 Å². The molecule has 2 heterocycles. The average molecular weight is 1300 g/mol. The van der Waals surface area contributed by atoms with Crippen molar-refractivity contribution in [2.75, 3.05) is 42.5 Å². The highest BCUT2D eigenvalue weighted by atomic mass is 35.5. The van der Waals surface area contributed by atoms with Gasteiger partial charge in [0.25, 0.3) is 40.5 Å². The van der Waals surface area contributed by atoms with Crippen molar-refractivity contribution in [3.63, 3.8) is 0 Å². The molecule has 0 radical (unpaired) electrons. The Balaban J connectivity index is 1.27. The fraction of sp³-hybridized carbons (Fsp3) is 0.275. The van der Waals surface area contributed by atoms with E-state index in [1.807, 2.05) is 12.1 Å². The second-order valence-corrected chi connectivity index (χ2v) is 27.2. The van der Waals surface area contributed by atoms with Crippen molar-refractivity contribution in [3.8, 4) is 29.5 Å². The smallest absolute Gasteiger partial charge is 0.298 e. The molecule has 7 rings (SSSR count). The van der Waals surface area contributed by atoms with Crippen LogP contribution < -0.4 is 9.47 Å². The molecule has 0 atom stereocenters. The van der Waals surface area contributed by atoms with Crippen LogP contribution in [0.1, 0.15) is 52.6 Å². The number of methoxy groups -OCH3 is 1. The first-order valence-electron chi connectivity index (χ1n) is 24.6. The van der Waals surface area contributed by atoms with Crippen LogP contribution in [0.15, 0.2) is 122 Å². The number of fused-ring (bicyclic) bond motifs is 3. The molecule has 7 aromatic rings. The third-order valence-electron chi connectivity index (χ3n) is 12.1. The number of thioether (sulfide) groups is 2. The first-order chi connectivity index (χ1) is 40.0. The lowest BCUT2D eigenvalue weighted by molar-refractivity contribution is 0.317. The molecular weight excluding hydrogens is 1250 g/mol. The number of ether oxygens (including phenoxy) is 2. The number of aryl methyl sites for hydroxylation is 3. The van der Waals surface area contributed by atoms with E-state index in [9.17, 15) is 67.5 Å². The maximum atomic E-state index is 12.2. The van der Waals surface area contributed by atoms with Crippen LogP contribution in [0.25, 0.3) is 16.7 Å². The minimum Gasteiger partial charge on any atom is -0.495 e. The maximum Gasteiger partial charge on any atom is 0.298 e. The Bertz CT molecular complexity index is 4490. The number of nitrogens with zero attached hydrogens (tertiary/aromatic N) is 12. The molecule has 85 heavy (non-hydrogen) atoms. The van der Waals surface area contributed by atoms with E-state index in [1.54, 1.807) is 57.2 Å². The van der Waals surface area contributed by atoms with Crippen molar-refractivity contribution in [3.05, 3.63) is 105 Å². The Morgan fingerprint density at radius 2 is 1.09 bits per heavy atom. The predicted molar refractivity (Wildman–Crippen MR) is 317 cm³/mol. The lowest BCUT2D eigenvalue weighted by Gasteiger charge is -2.12.